The molecule has 0 aromatic carbocycles. The highest BCUT2D eigenvalue weighted by Crippen LogP contribution is 2.33. The highest BCUT2D eigenvalue weighted by Gasteiger charge is 2.23. The number of nitrogens with one attached hydrogen (secondary N) is 1. The Kier molecular flexibility index (Phi) is 8.52. The summed E-state index contributed by atoms with van der Waals surface area (Å²) in [5.41, 5.74) is 8.72. The van der Waals surface area contributed by atoms with Crippen molar-refractivity contribution in [1.82, 2.24) is 15.4 Å². The van der Waals surface area contributed by atoms with Crippen LogP contribution in [0.1, 0.15) is 69.1 Å². The number of aryl methyl sites for hydroxylation is 1. The van der Waals surface area contributed by atoms with E-state index < -0.39 is 0 Å². The monoisotopic (exact) mass is 371 g/mol. The molecule has 5 heteroatoms. The Hall–Kier alpha value is -2.14. The summed E-state index contributed by atoms with van der Waals surface area (Å²) in [6, 6.07) is 3.72. The van der Waals surface area contributed by atoms with E-state index in [4.69, 9.17) is 4.74 Å². The van der Waals surface area contributed by atoms with E-state index in [0.29, 0.717) is 18.1 Å². The Labute approximate surface area is 163 Å². The third kappa shape index (κ3) is 5.42. The van der Waals surface area contributed by atoms with E-state index in [2.05, 4.69) is 28.4 Å². The zero-order valence-electron chi connectivity index (χ0n) is 17.2. The van der Waals surface area contributed by atoms with Crippen molar-refractivity contribution < 1.29 is 9.53 Å². The molecule has 5 nitrogen and oxygen atoms in total. The Morgan fingerprint density at radius 1 is 1.26 bits per heavy atom. The first kappa shape index (κ1) is 21.2. The maximum Gasteiger partial charge on any atom is 0.172 e. The van der Waals surface area contributed by atoms with Crippen molar-refractivity contribution >= 4 is 6.29 Å². The molecule has 27 heavy (non-hydrogen) atoms. The summed E-state index contributed by atoms with van der Waals surface area (Å²) in [5.74, 6) is 0.571. The van der Waals surface area contributed by atoms with Crippen LogP contribution in [-0.2, 0) is 0 Å². The fourth-order valence-corrected chi connectivity index (χ4v) is 3.53. The second-order valence-corrected chi connectivity index (χ2v) is 6.63. The Morgan fingerprint density at radius 3 is 2.78 bits per heavy atom. The number of carbonyl (C=O) groups excluding carboxylic acids is 1. The fourth-order valence-electron chi connectivity index (χ4n) is 3.53. The zero-order valence-corrected chi connectivity index (χ0v) is 17.2. The number of hydrogen-bond donors (Lipinski definition) is 1. The zero-order chi connectivity index (χ0) is 19.6. The van der Waals surface area contributed by atoms with Crippen LogP contribution in [0.4, 0.5) is 0 Å². The van der Waals surface area contributed by atoms with E-state index in [1.807, 2.05) is 32.9 Å². The van der Waals surface area contributed by atoms with E-state index >= 15 is 0 Å². The summed E-state index contributed by atoms with van der Waals surface area (Å²) < 4.78 is 5.99. The first-order valence-electron chi connectivity index (χ1n) is 10.2. The van der Waals surface area contributed by atoms with Crippen LogP contribution in [0.2, 0.25) is 0 Å². The largest absolute Gasteiger partial charge is 0.487 e. The van der Waals surface area contributed by atoms with Crippen molar-refractivity contribution in [3.8, 4) is 5.75 Å². The summed E-state index contributed by atoms with van der Waals surface area (Å²) in [5, 5.41) is 2.27. The van der Waals surface area contributed by atoms with Crippen LogP contribution in [-0.4, -0.2) is 36.0 Å². The molecule has 0 atom stereocenters. The maximum atomic E-state index is 11.2. The molecule has 0 spiro atoms. The van der Waals surface area contributed by atoms with Crippen molar-refractivity contribution in [2.75, 3.05) is 19.7 Å². The molecular formula is C22H33N3O2. The number of aldehydes is 1. The summed E-state index contributed by atoms with van der Waals surface area (Å²) >= 11 is 0. The van der Waals surface area contributed by atoms with E-state index in [9.17, 15) is 4.79 Å². The highest BCUT2D eigenvalue weighted by molar-refractivity contribution is 5.76. The summed E-state index contributed by atoms with van der Waals surface area (Å²) in [6.45, 7) is 10.5. The average Bonchev–Trinajstić information content (AvgIpc) is 3.17. The van der Waals surface area contributed by atoms with Crippen LogP contribution in [0.5, 0.6) is 5.75 Å². The maximum absolute atomic E-state index is 11.2. The number of hydrogen-bond acceptors (Lipinski definition) is 5. The molecule has 1 aromatic heterocycles. The lowest BCUT2D eigenvalue weighted by Gasteiger charge is -2.28. The topological polar surface area (TPSA) is 54.5 Å². The molecule has 148 valence electrons. The summed E-state index contributed by atoms with van der Waals surface area (Å²) in [6.07, 6.45) is 8.74. The van der Waals surface area contributed by atoms with Crippen molar-refractivity contribution in [3.05, 3.63) is 46.4 Å². The number of nitrogens with zero attached hydrogens (tertiary/aromatic N) is 2. The third-order valence-corrected chi connectivity index (χ3v) is 4.75. The van der Waals surface area contributed by atoms with Crippen molar-refractivity contribution in [2.45, 2.75) is 59.8 Å². The number of carbonyl (C=O) groups is 1. The molecule has 1 N–H and O–H groups in total. The van der Waals surface area contributed by atoms with E-state index in [-0.39, 0.29) is 0 Å². The van der Waals surface area contributed by atoms with Gasteiger partial charge in [0.15, 0.2) is 6.29 Å². The Balaban J connectivity index is 0.00000126. The predicted molar refractivity (Wildman–Crippen MR) is 110 cm³/mol. The van der Waals surface area contributed by atoms with Crippen molar-refractivity contribution in [3.63, 3.8) is 0 Å². The highest BCUT2D eigenvalue weighted by atomic mass is 16.5. The molecule has 0 saturated heterocycles. The molecule has 3 rings (SSSR count). The molecule has 0 radical (unpaired) electrons. The SMILES string of the molecule is CC.CCCN1NCC=C1C1=C(COc2ccc(C)nc2C=O)CCCC1. The van der Waals surface area contributed by atoms with Gasteiger partial charge in [0.05, 0.1) is 5.70 Å². The molecule has 0 fully saturated rings. The van der Waals surface area contributed by atoms with Gasteiger partial charge in [0.2, 0.25) is 0 Å². The van der Waals surface area contributed by atoms with Gasteiger partial charge in [-0.05, 0) is 68.4 Å². The lowest BCUT2D eigenvalue weighted by Crippen LogP contribution is -2.33. The first-order chi connectivity index (χ1) is 13.2. The molecule has 0 saturated carbocycles. The molecule has 0 bridgehead atoms. The van der Waals surface area contributed by atoms with Crippen LogP contribution < -0.4 is 10.2 Å². The van der Waals surface area contributed by atoms with E-state index in [1.54, 1.807) is 0 Å². The molecule has 2 heterocycles. The van der Waals surface area contributed by atoms with Gasteiger partial charge in [0.1, 0.15) is 18.1 Å². The van der Waals surface area contributed by atoms with Gasteiger partial charge in [-0.3, -0.25) is 4.79 Å². The van der Waals surface area contributed by atoms with Gasteiger partial charge in [0.25, 0.3) is 0 Å². The molecular weight excluding hydrogens is 338 g/mol. The van der Waals surface area contributed by atoms with Crippen molar-refractivity contribution in [2.24, 2.45) is 0 Å². The van der Waals surface area contributed by atoms with Gasteiger partial charge in [0, 0.05) is 18.8 Å². The van der Waals surface area contributed by atoms with Gasteiger partial charge in [-0.15, -0.1) is 0 Å². The minimum Gasteiger partial charge on any atom is -0.487 e. The fraction of sp³-hybridized carbons (Fsp3) is 0.545. The molecule has 1 aliphatic carbocycles. The normalized spacial score (nSPS) is 16.6. The lowest BCUT2D eigenvalue weighted by molar-refractivity contribution is 0.111. The average molecular weight is 372 g/mol. The number of pyridine rings is 1. The summed E-state index contributed by atoms with van der Waals surface area (Å²) in [4.78, 5) is 15.5. The number of allylic oxidation sites excluding steroid dienone is 1. The number of rotatable bonds is 7. The lowest BCUT2D eigenvalue weighted by atomic mass is 9.90. The third-order valence-electron chi connectivity index (χ3n) is 4.75. The molecule has 1 aliphatic heterocycles. The first-order valence-corrected chi connectivity index (χ1v) is 10.2. The second-order valence-electron chi connectivity index (χ2n) is 6.63. The molecule has 0 amide bonds. The Morgan fingerprint density at radius 2 is 2.04 bits per heavy atom. The van der Waals surface area contributed by atoms with Crippen LogP contribution in [0.15, 0.2) is 35.1 Å². The van der Waals surface area contributed by atoms with Crippen LogP contribution in [0, 0.1) is 6.92 Å². The van der Waals surface area contributed by atoms with Crippen molar-refractivity contribution in [1.29, 1.82) is 0 Å². The van der Waals surface area contributed by atoms with Gasteiger partial charge in [-0.25, -0.2) is 10.4 Å². The van der Waals surface area contributed by atoms with Gasteiger partial charge < -0.3 is 9.75 Å². The van der Waals surface area contributed by atoms with Gasteiger partial charge in [-0.2, -0.15) is 0 Å². The Bertz CT molecular complexity index is 695. The van der Waals surface area contributed by atoms with Crippen LogP contribution in [0.25, 0.3) is 0 Å². The molecule has 0 unspecified atom stereocenters. The summed E-state index contributed by atoms with van der Waals surface area (Å²) in [7, 11) is 0. The van der Waals surface area contributed by atoms with Crippen LogP contribution >= 0.6 is 0 Å². The smallest absolute Gasteiger partial charge is 0.172 e. The number of ether oxygens (including phenoxy) is 1. The molecule has 1 aromatic rings. The van der Waals surface area contributed by atoms with E-state index in [1.165, 1.54) is 29.7 Å². The second kappa shape index (κ2) is 10.9. The van der Waals surface area contributed by atoms with Gasteiger partial charge in [-0.1, -0.05) is 20.8 Å². The minimum atomic E-state index is 0.382. The minimum absolute atomic E-state index is 0.382. The predicted octanol–water partition coefficient (Wildman–Crippen LogP) is 4.59. The number of hydrazine groups is 1. The van der Waals surface area contributed by atoms with Crippen LogP contribution in [0.3, 0.4) is 0 Å². The molecule has 2 aliphatic rings. The van der Waals surface area contributed by atoms with Gasteiger partial charge >= 0.3 is 0 Å². The number of aromatic nitrogens is 1. The standard InChI is InChI=1S/C20H27N3O2.C2H6/c1-3-12-23-19(10-11-21-23)17-7-5-4-6-16(17)14-25-20-9-8-15(2)22-18(20)13-24;1-2/h8-10,13,21H,3-7,11-12,14H2,1-2H3;1-2H3. The quantitative estimate of drug-likeness (QED) is 0.710. The van der Waals surface area contributed by atoms with E-state index in [0.717, 1.165) is 44.3 Å².